The Morgan fingerprint density at radius 1 is 1.56 bits per heavy atom. The van der Waals surface area contributed by atoms with Crippen molar-refractivity contribution in [3.63, 3.8) is 0 Å². The largest absolute Gasteiger partial charge is 0.311 e. The van der Waals surface area contributed by atoms with Gasteiger partial charge in [-0.1, -0.05) is 6.58 Å². The molecule has 3 heteroatoms. The molecule has 0 amide bonds. The second-order valence-corrected chi connectivity index (χ2v) is 2.23. The molecule has 0 aliphatic carbocycles. The lowest BCUT2D eigenvalue weighted by atomic mass is 10.0. The summed E-state index contributed by atoms with van der Waals surface area (Å²) in [6.45, 7) is 3.67. The summed E-state index contributed by atoms with van der Waals surface area (Å²) in [5.74, 6) is -2.67. The molecule has 0 unspecified atom stereocenters. The minimum atomic E-state index is -2.67. The molecule has 0 radical (unpaired) electrons. The smallest absolute Gasteiger partial charge is 0.281 e. The number of hydrogen-bond donors (Lipinski definition) is 1. The van der Waals surface area contributed by atoms with Crippen LogP contribution < -0.4 is 5.32 Å². The molecule has 0 saturated carbocycles. The number of nitrogens with one attached hydrogen (secondary N) is 1. The fourth-order valence-corrected chi connectivity index (χ4v) is 0.793. The second kappa shape index (κ2) is 2.06. The van der Waals surface area contributed by atoms with Crippen LogP contribution in [0.4, 0.5) is 8.78 Å². The number of halogens is 2. The van der Waals surface area contributed by atoms with Crippen molar-refractivity contribution in [3.05, 3.63) is 12.2 Å². The van der Waals surface area contributed by atoms with E-state index in [1.165, 1.54) is 0 Å². The van der Waals surface area contributed by atoms with Gasteiger partial charge in [-0.25, -0.2) is 8.78 Å². The predicted molar refractivity (Wildman–Crippen MR) is 31.6 cm³/mol. The Bertz CT molecular complexity index is 131. The lowest BCUT2D eigenvalue weighted by Gasteiger charge is -2.24. The molecule has 1 aliphatic heterocycles. The molecule has 0 aromatic carbocycles. The lowest BCUT2D eigenvalue weighted by Crippen LogP contribution is -2.40. The van der Waals surface area contributed by atoms with Crippen molar-refractivity contribution in [1.29, 1.82) is 0 Å². The molecule has 1 saturated heterocycles. The van der Waals surface area contributed by atoms with Crippen molar-refractivity contribution in [1.82, 2.24) is 5.32 Å². The number of alkyl halides is 2. The minimum absolute atomic E-state index is 0.0567. The van der Waals surface area contributed by atoms with Gasteiger partial charge < -0.3 is 5.32 Å². The Morgan fingerprint density at radius 3 is 2.56 bits per heavy atom. The van der Waals surface area contributed by atoms with E-state index in [-0.39, 0.29) is 12.1 Å². The Hall–Kier alpha value is -0.440. The van der Waals surface area contributed by atoms with Crippen LogP contribution >= 0.6 is 0 Å². The van der Waals surface area contributed by atoms with Crippen LogP contribution in [0.2, 0.25) is 0 Å². The lowest BCUT2D eigenvalue weighted by molar-refractivity contribution is 0.0289. The van der Waals surface area contributed by atoms with Crippen molar-refractivity contribution in [2.45, 2.75) is 12.3 Å². The predicted octanol–water partition coefficient (Wildman–Crippen LogP) is 1.17. The standard InChI is InChI=1S/C6H9F2N/c1-5-2-3-9-4-6(5,7)8/h9H,1-4H2. The summed E-state index contributed by atoms with van der Waals surface area (Å²) in [5, 5.41) is 2.59. The van der Waals surface area contributed by atoms with Crippen molar-refractivity contribution >= 4 is 0 Å². The van der Waals surface area contributed by atoms with E-state index in [1.807, 2.05) is 0 Å². The van der Waals surface area contributed by atoms with Gasteiger partial charge >= 0.3 is 0 Å². The molecule has 0 spiro atoms. The van der Waals surface area contributed by atoms with Gasteiger partial charge in [0.2, 0.25) is 0 Å². The van der Waals surface area contributed by atoms with Gasteiger partial charge in [-0.15, -0.1) is 0 Å². The molecule has 0 bridgehead atoms. The molecule has 1 rings (SSSR count). The van der Waals surface area contributed by atoms with Gasteiger partial charge in [0.1, 0.15) is 0 Å². The molecule has 0 aromatic rings. The molecule has 9 heavy (non-hydrogen) atoms. The maximum absolute atomic E-state index is 12.4. The topological polar surface area (TPSA) is 12.0 Å². The summed E-state index contributed by atoms with van der Waals surface area (Å²) >= 11 is 0. The molecule has 0 aromatic heterocycles. The molecular formula is C6H9F2N. The highest BCUT2D eigenvalue weighted by atomic mass is 19.3. The average molecular weight is 133 g/mol. The van der Waals surface area contributed by atoms with Crippen molar-refractivity contribution in [2.24, 2.45) is 0 Å². The summed E-state index contributed by atoms with van der Waals surface area (Å²) in [6, 6.07) is 0. The van der Waals surface area contributed by atoms with Crippen LogP contribution in [0, 0.1) is 0 Å². The Kier molecular flexibility index (Phi) is 1.53. The number of piperidine rings is 1. The summed E-state index contributed by atoms with van der Waals surface area (Å²) in [6.07, 6.45) is 0.396. The van der Waals surface area contributed by atoms with Crippen molar-refractivity contribution in [3.8, 4) is 0 Å². The first-order valence-corrected chi connectivity index (χ1v) is 2.90. The fraction of sp³-hybridized carbons (Fsp3) is 0.667. The molecule has 1 fully saturated rings. The highest BCUT2D eigenvalue weighted by molar-refractivity contribution is 5.11. The third-order valence-electron chi connectivity index (χ3n) is 1.47. The van der Waals surface area contributed by atoms with Crippen molar-refractivity contribution in [2.75, 3.05) is 13.1 Å². The van der Waals surface area contributed by atoms with Gasteiger partial charge in [-0.2, -0.15) is 0 Å². The first-order valence-electron chi connectivity index (χ1n) is 2.90. The van der Waals surface area contributed by atoms with Crippen LogP contribution in [0.25, 0.3) is 0 Å². The third-order valence-corrected chi connectivity index (χ3v) is 1.47. The van der Waals surface area contributed by atoms with Gasteiger partial charge in [0.15, 0.2) is 0 Å². The van der Waals surface area contributed by atoms with E-state index >= 15 is 0 Å². The van der Waals surface area contributed by atoms with Crippen molar-refractivity contribution < 1.29 is 8.78 Å². The van der Waals surface area contributed by atoms with E-state index in [0.29, 0.717) is 13.0 Å². The van der Waals surface area contributed by atoms with E-state index in [0.717, 1.165) is 0 Å². The maximum Gasteiger partial charge on any atom is 0.281 e. The van der Waals surface area contributed by atoms with Gasteiger partial charge in [-0.3, -0.25) is 0 Å². The van der Waals surface area contributed by atoms with Gasteiger partial charge in [0.05, 0.1) is 6.54 Å². The van der Waals surface area contributed by atoms with E-state index in [4.69, 9.17) is 0 Å². The van der Waals surface area contributed by atoms with Gasteiger partial charge in [-0.05, 0) is 18.5 Å². The highest BCUT2D eigenvalue weighted by Gasteiger charge is 2.34. The molecule has 1 N–H and O–H groups in total. The molecular weight excluding hydrogens is 124 g/mol. The molecule has 1 nitrogen and oxygen atoms in total. The van der Waals surface area contributed by atoms with Gasteiger partial charge in [0, 0.05) is 0 Å². The van der Waals surface area contributed by atoms with Crippen LogP contribution in [0.1, 0.15) is 6.42 Å². The average Bonchev–Trinajstić information content (AvgIpc) is 1.77. The summed E-state index contributed by atoms with van der Waals surface area (Å²) in [4.78, 5) is 0. The number of hydrogen-bond acceptors (Lipinski definition) is 1. The van der Waals surface area contributed by atoms with Crippen LogP contribution in [0.15, 0.2) is 12.2 Å². The Labute approximate surface area is 52.7 Å². The van der Waals surface area contributed by atoms with E-state index in [2.05, 4.69) is 11.9 Å². The number of rotatable bonds is 0. The zero-order valence-electron chi connectivity index (χ0n) is 5.08. The zero-order chi connectivity index (χ0) is 6.91. The van der Waals surface area contributed by atoms with Crippen LogP contribution in [0.3, 0.4) is 0 Å². The first kappa shape index (κ1) is 6.68. The Morgan fingerprint density at radius 2 is 2.22 bits per heavy atom. The molecule has 52 valence electrons. The molecule has 1 aliphatic rings. The molecule has 1 heterocycles. The van der Waals surface area contributed by atoms with E-state index in [9.17, 15) is 8.78 Å². The van der Waals surface area contributed by atoms with Crippen LogP contribution in [-0.4, -0.2) is 19.0 Å². The Balaban J connectivity index is 2.60. The van der Waals surface area contributed by atoms with E-state index < -0.39 is 5.92 Å². The first-order chi connectivity index (χ1) is 4.13. The summed E-state index contributed by atoms with van der Waals surface area (Å²) in [7, 11) is 0. The molecule has 0 atom stereocenters. The summed E-state index contributed by atoms with van der Waals surface area (Å²) in [5.41, 5.74) is 0.0567. The maximum atomic E-state index is 12.4. The minimum Gasteiger partial charge on any atom is -0.311 e. The monoisotopic (exact) mass is 133 g/mol. The van der Waals surface area contributed by atoms with Crippen LogP contribution in [0.5, 0.6) is 0 Å². The quantitative estimate of drug-likeness (QED) is 0.489. The second-order valence-electron chi connectivity index (χ2n) is 2.23. The van der Waals surface area contributed by atoms with Gasteiger partial charge in [0.25, 0.3) is 5.92 Å². The SMILES string of the molecule is C=C1CCNCC1(F)F. The fourth-order valence-electron chi connectivity index (χ4n) is 0.793. The van der Waals surface area contributed by atoms with Crippen LogP contribution in [-0.2, 0) is 0 Å². The zero-order valence-corrected chi connectivity index (χ0v) is 5.08. The van der Waals surface area contributed by atoms with E-state index in [1.54, 1.807) is 0 Å². The summed E-state index contributed by atoms with van der Waals surface area (Å²) < 4.78 is 24.9. The third kappa shape index (κ3) is 1.27. The highest BCUT2D eigenvalue weighted by Crippen LogP contribution is 2.26. The normalized spacial score (nSPS) is 26.2.